The van der Waals surface area contributed by atoms with Gasteiger partial charge in [-0.15, -0.1) is 0 Å². The van der Waals surface area contributed by atoms with Crippen LogP contribution in [0, 0.1) is 5.92 Å². The fraction of sp³-hybridized carbons (Fsp3) is 0.333. The smallest absolute Gasteiger partial charge is 0.168 e. The number of ketones is 1. The lowest BCUT2D eigenvalue weighted by Crippen LogP contribution is -2.36. The molecule has 0 atom stereocenters. The molecule has 4 nitrogen and oxygen atoms in total. The molecule has 0 amide bonds. The predicted octanol–water partition coefficient (Wildman–Crippen LogP) is 4.32. The molecular formula is C21H22ClN3O. The van der Waals surface area contributed by atoms with Gasteiger partial charge in [0, 0.05) is 42.9 Å². The summed E-state index contributed by atoms with van der Waals surface area (Å²) >= 11 is 6.36. The predicted molar refractivity (Wildman–Crippen MR) is 104 cm³/mol. The number of hydrogen-bond donors (Lipinski definition) is 0. The quantitative estimate of drug-likeness (QED) is 0.644. The number of carbonyl (C=O) groups excluding carboxylic acids is 1. The van der Waals surface area contributed by atoms with Crippen molar-refractivity contribution in [2.45, 2.75) is 19.4 Å². The molecule has 3 heterocycles. The average Bonchev–Trinajstić information content (AvgIpc) is 3.03. The largest absolute Gasteiger partial charge is 0.336 e. The summed E-state index contributed by atoms with van der Waals surface area (Å²) in [6.07, 6.45) is 5.27. The number of piperidine rings is 1. The number of aryl methyl sites for hydroxylation is 1. The van der Waals surface area contributed by atoms with Gasteiger partial charge in [-0.2, -0.15) is 0 Å². The molecule has 1 aromatic carbocycles. The first kappa shape index (κ1) is 17.3. The second-order valence-electron chi connectivity index (χ2n) is 7.05. The molecule has 1 saturated heterocycles. The third-order valence-corrected chi connectivity index (χ3v) is 5.59. The lowest BCUT2D eigenvalue weighted by Gasteiger charge is -2.31. The van der Waals surface area contributed by atoms with Crippen LogP contribution in [-0.4, -0.2) is 33.3 Å². The zero-order valence-corrected chi connectivity index (χ0v) is 15.6. The van der Waals surface area contributed by atoms with Crippen LogP contribution in [0.2, 0.25) is 5.02 Å². The van der Waals surface area contributed by atoms with Crippen LogP contribution in [0.4, 0.5) is 0 Å². The van der Waals surface area contributed by atoms with Gasteiger partial charge in [-0.1, -0.05) is 41.9 Å². The minimum atomic E-state index is 0.0327. The number of pyridine rings is 1. The molecule has 0 unspecified atom stereocenters. The number of fused-ring (bicyclic) bond motifs is 1. The zero-order valence-electron chi connectivity index (χ0n) is 14.9. The van der Waals surface area contributed by atoms with Gasteiger partial charge < -0.3 is 4.57 Å². The molecule has 134 valence electrons. The Kier molecular flexibility index (Phi) is 4.79. The number of halogens is 1. The molecule has 26 heavy (non-hydrogen) atoms. The summed E-state index contributed by atoms with van der Waals surface area (Å²) in [7, 11) is 1.93. The molecule has 0 bridgehead atoms. The third-order valence-electron chi connectivity index (χ3n) is 5.30. The fourth-order valence-corrected chi connectivity index (χ4v) is 4.08. The van der Waals surface area contributed by atoms with Crippen molar-refractivity contribution in [3.8, 4) is 0 Å². The third kappa shape index (κ3) is 3.27. The molecule has 0 spiro atoms. The molecule has 5 heteroatoms. The molecule has 0 N–H and O–H groups in total. The number of rotatable bonds is 4. The van der Waals surface area contributed by atoms with Crippen molar-refractivity contribution in [3.05, 3.63) is 64.9 Å². The summed E-state index contributed by atoms with van der Waals surface area (Å²) in [5.41, 5.74) is 2.76. The van der Waals surface area contributed by atoms with E-state index in [0.29, 0.717) is 10.6 Å². The van der Waals surface area contributed by atoms with E-state index in [4.69, 9.17) is 11.6 Å². The molecule has 0 saturated carbocycles. The topological polar surface area (TPSA) is 38.1 Å². The van der Waals surface area contributed by atoms with Gasteiger partial charge in [-0.3, -0.25) is 9.69 Å². The van der Waals surface area contributed by atoms with Gasteiger partial charge >= 0.3 is 0 Å². The Hall–Kier alpha value is -2.17. The van der Waals surface area contributed by atoms with Gasteiger partial charge in [0.2, 0.25) is 0 Å². The van der Waals surface area contributed by atoms with E-state index in [2.05, 4.69) is 34.1 Å². The number of carbonyl (C=O) groups is 1. The number of likely N-dealkylation sites (tertiary alicyclic amines) is 1. The molecule has 4 rings (SSSR count). The Labute approximate surface area is 158 Å². The van der Waals surface area contributed by atoms with Gasteiger partial charge in [-0.25, -0.2) is 4.98 Å². The van der Waals surface area contributed by atoms with Crippen LogP contribution in [0.3, 0.4) is 0 Å². The Bertz CT molecular complexity index is 927. The normalized spacial score (nSPS) is 16.2. The van der Waals surface area contributed by atoms with E-state index in [-0.39, 0.29) is 11.7 Å². The molecule has 1 fully saturated rings. The highest BCUT2D eigenvalue weighted by Gasteiger charge is 2.28. The lowest BCUT2D eigenvalue weighted by atomic mass is 9.88. The maximum atomic E-state index is 13.2. The van der Waals surface area contributed by atoms with Crippen molar-refractivity contribution < 1.29 is 4.79 Å². The van der Waals surface area contributed by atoms with Gasteiger partial charge in [0.1, 0.15) is 5.65 Å². The minimum absolute atomic E-state index is 0.0327. The van der Waals surface area contributed by atoms with Crippen LogP contribution < -0.4 is 0 Å². The van der Waals surface area contributed by atoms with E-state index in [1.807, 2.05) is 29.9 Å². The second kappa shape index (κ2) is 7.22. The summed E-state index contributed by atoms with van der Waals surface area (Å²) in [5.74, 6) is 0.193. The van der Waals surface area contributed by atoms with E-state index in [1.54, 1.807) is 6.20 Å². The standard InChI is InChI=1S/C21H22ClN3O/c1-24-10-9-17-19(18(22)13-23-21(17)24)20(26)16-7-11-25(12-8-16)14-15-5-3-2-4-6-15/h2-6,9-10,13,16H,7-8,11-12,14H2,1H3. The monoisotopic (exact) mass is 367 g/mol. The average molecular weight is 368 g/mol. The molecule has 0 radical (unpaired) electrons. The highest BCUT2D eigenvalue weighted by Crippen LogP contribution is 2.31. The minimum Gasteiger partial charge on any atom is -0.336 e. The summed E-state index contributed by atoms with van der Waals surface area (Å²) in [6, 6.07) is 12.4. The zero-order chi connectivity index (χ0) is 18.1. The van der Waals surface area contributed by atoms with Crippen LogP contribution in [-0.2, 0) is 13.6 Å². The molecule has 3 aromatic rings. The highest BCUT2D eigenvalue weighted by molar-refractivity contribution is 6.35. The Morgan fingerprint density at radius 2 is 1.92 bits per heavy atom. The Morgan fingerprint density at radius 1 is 1.19 bits per heavy atom. The molecule has 1 aliphatic rings. The second-order valence-corrected chi connectivity index (χ2v) is 7.45. The van der Waals surface area contributed by atoms with Crippen molar-refractivity contribution in [3.63, 3.8) is 0 Å². The van der Waals surface area contributed by atoms with Crippen LogP contribution in [0.15, 0.2) is 48.8 Å². The summed E-state index contributed by atoms with van der Waals surface area (Å²) < 4.78 is 1.92. The molecule has 0 aliphatic carbocycles. The lowest BCUT2D eigenvalue weighted by molar-refractivity contribution is 0.0836. The van der Waals surface area contributed by atoms with Crippen molar-refractivity contribution >= 4 is 28.4 Å². The molecular weight excluding hydrogens is 346 g/mol. The van der Waals surface area contributed by atoms with E-state index in [0.717, 1.165) is 43.5 Å². The van der Waals surface area contributed by atoms with Crippen LogP contribution in [0.5, 0.6) is 0 Å². The fourth-order valence-electron chi connectivity index (χ4n) is 3.84. The van der Waals surface area contributed by atoms with Gasteiger partial charge in [0.05, 0.1) is 5.02 Å². The van der Waals surface area contributed by atoms with Gasteiger partial charge in [0.25, 0.3) is 0 Å². The van der Waals surface area contributed by atoms with Gasteiger partial charge in [-0.05, 0) is 37.6 Å². The number of hydrogen-bond acceptors (Lipinski definition) is 3. The van der Waals surface area contributed by atoms with Crippen molar-refractivity contribution in [2.24, 2.45) is 13.0 Å². The highest BCUT2D eigenvalue weighted by atomic mass is 35.5. The van der Waals surface area contributed by atoms with E-state index in [9.17, 15) is 4.79 Å². The van der Waals surface area contributed by atoms with E-state index < -0.39 is 0 Å². The number of aromatic nitrogens is 2. The first-order chi connectivity index (χ1) is 12.6. The maximum Gasteiger partial charge on any atom is 0.168 e. The van der Waals surface area contributed by atoms with Crippen LogP contribution >= 0.6 is 11.6 Å². The molecule has 2 aromatic heterocycles. The first-order valence-electron chi connectivity index (χ1n) is 9.03. The van der Waals surface area contributed by atoms with Crippen LogP contribution in [0.25, 0.3) is 11.0 Å². The summed E-state index contributed by atoms with van der Waals surface area (Å²) in [5, 5.41) is 1.32. The summed E-state index contributed by atoms with van der Waals surface area (Å²) in [4.78, 5) is 19.9. The maximum absolute atomic E-state index is 13.2. The SMILES string of the molecule is Cn1ccc2c(C(=O)C3CCN(Cc4ccccc4)CC3)c(Cl)cnc21. The molecule has 1 aliphatic heterocycles. The van der Waals surface area contributed by atoms with E-state index in [1.165, 1.54) is 5.56 Å². The van der Waals surface area contributed by atoms with Crippen molar-refractivity contribution in [1.29, 1.82) is 0 Å². The van der Waals surface area contributed by atoms with Crippen LogP contribution in [0.1, 0.15) is 28.8 Å². The number of nitrogens with zero attached hydrogens (tertiary/aromatic N) is 3. The Balaban J connectivity index is 1.48. The summed E-state index contributed by atoms with van der Waals surface area (Å²) in [6.45, 7) is 2.82. The van der Waals surface area contributed by atoms with Crippen molar-refractivity contribution in [2.75, 3.05) is 13.1 Å². The number of benzene rings is 1. The first-order valence-corrected chi connectivity index (χ1v) is 9.41. The van der Waals surface area contributed by atoms with Gasteiger partial charge in [0.15, 0.2) is 5.78 Å². The van der Waals surface area contributed by atoms with E-state index >= 15 is 0 Å². The number of Topliss-reactive ketones (excluding diaryl/α,β-unsaturated/α-hetero) is 1. The Morgan fingerprint density at radius 3 is 2.65 bits per heavy atom. The van der Waals surface area contributed by atoms with Crippen molar-refractivity contribution in [1.82, 2.24) is 14.5 Å².